The number of carbonyl (C=O) groups is 1. The van der Waals surface area contributed by atoms with Crippen LogP contribution in [-0.4, -0.2) is 31.5 Å². The monoisotopic (exact) mass is 435 g/mol. The van der Waals surface area contributed by atoms with Crippen LogP contribution >= 0.6 is 0 Å². The first-order valence-corrected chi connectivity index (χ1v) is 7.70. The van der Waals surface area contributed by atoms with Gasteiger partial charge in [-0.25, -0.2) is 9.78 Å². The van der Waals surface area contributed by atoms with Crippen molar-refractivity contribution in [3.63, 3.8) is 0 Å². The summed E-state index contributed by atoms with van der Waals surface area (Å²) >= 11 is 0. The Bertz CT molecular complexity index is 791. The summed E-state index contributed by atoms with van der Waals surface area (Å²) in [6.45, 7) is 0.410. The molecule has 0 atom stereocenters. The van der Waals surface area contributed by atoms with Gasteiger partial charge in [-0.3, -0.25) is 0 Å². The summed E-state index contributed by atoms with van der Waals surface area (Å²) in [5.41, 5.74) is -13.4. The molecule has 0 aliphatic carbocycles. The van der Waals surface area contributed by atoms with Gasteiger partial charge in [-0.05, 0) is 6.92 Å². The molecule has 154 valence electrons. The lowest BCUT2D eigenvalue weighted by Crippen LogP contribution is -2.29. The van der Waals surface area contributed by atoms with Gasteiger partial charge in [0.2, 0.25) is 5.88 Å². The third-order valence-electron chi connectivity index (χ3n) is 2.53. The maximum absolute atomic E-state index is 13.0. The highest BCUT2D eigenvalue weighted by atomic mass is 32.2. The van der Waals surface area contributed by atoms with Gasteiger partial charge < -0.3 is 8.92 Å². The summed E-state index contributed by atoms with van der Waals surface area (Å²) in [7, 11) is -6.63. The van der Waals surface area contributed by atoms with Crippen molar-refractivity contribution in [1.82, 2.24) is 4.98 Å². The molecule has 0 spiro atoms. The Morgan fingerprint density at radius 1 is 1.04 bits per heavy atom. The van der Waals surface area contributed by atoms with E-state index >= 15 is 0 Å². The molecule has 27 heavy (non-hydrogen) atoms. The van der Waals surface area contributed by atoms with Crippen molar-refractivity contribution >= 4 is 16.1 Å². The van der Waals surface area contributed by atoms with E-state index in [2.05, 4.69) is 13.9 Å². The second-order valence-corrected chi connectivity index (χ2v) is 5.97. The molecule has 1 aromatic rings. The maximum atomic E-state index is 13.0. The van der Waals surface area contributed by atoms with Gasteiger partial charge in [0.15, 0.2) is 5.69 Å². The molecular formula is C11H6F9NO5S. The molecule has 0 radical (unpaired) electrons. The minimum absolute atomic E-state index is 0.592. The molecule has 0 bridgehead atoms. The number of alkyl halides is 9. The Morgan fingerprint density at radius 2 is 1.56 bits per heavy atom. The predicted octanol–water partition coefficient (Wildman–Crippen LogP) is 3.52. The van der Waals surface area contributed by atoms with E-state index < -0.39 is 69.3 Å². The van der Waals surface area contributed by atoms with Crippen LogP contribution in [0.2, 0.25) is 0 Å². The molecule has 0 amide bonds. The average molecular weight is 435 g/mol. The Labute approximate surface area is 144 Å². The van der Waals surface area contributed by atoms with Crippen LogP contribution in [0.5, 0.6) is 5.88 Å². The highest BCUT2D eigenvalue weighted by molar-refractivity contribution is 7.87. The standard InChI is InChI=1S/C11H6F9NO5S/c1-2-25-8(22)6-4(9(12,13)14)3-5(21-7(6)10(15,16)17)26-27(23,24)11(18,19)20/h3H,2H2,1H3. The van der Waals surface area contributed by atoms with Crippen molar-refractivity contribution in [2.45, 2.75) is 24.8 Å². The number of ether oxygens (including phenoxy) is 1. The topological polar surface area (TPSA) is 82.6 Å². The van der Waals surface area contributed by atoms with Crippen molar-refractivity contribution < 1.29 is 61.6 Å². The van der Waals surface area contributed by atoms with Crippen LogP contribution in [0.1, 0.15) is 28.5 Å². The summed E-state index contributed by atoms with van der Waals surface area (Å²) in [5.74, 6) is -4.32. The highest BCUT2D eigenvalue weighted by Gasteiger charge is 2.50. The summed E-state index contributed by atoms with van der Waals surface area (Å²) in [4.78, 5) is 13.8. The van der Waals surface area contributed by atoms with Crippen LogP contribution in [0.4, 0.5) is 39.5 Å². The Hall–Kier alpha value is -2.26. The van der Waals surface area contributed by atoms with Crippen LogP contribution in [-0.2, 0) is 27.2 Å². The van der Waals surface area contributed by atoms with Gasteiger partial charge >= 0.3 is 33.9 Å². The van der Waals surface area contributed by atoms with E-state index in [0.29, 0.717) is 0 Å². The van der Waals surface area contributed by atoms with Crippen LogP contribution in [0.15, 0.2) is 6.07 Å². The van der Waals surface area contributed by atoms with Crippen LogP contribution < -0.4 is 4.18 Å². The first kappa shape index (κ1) is 22.8. The molecule has 0 N–H and O–H groups in total. The zero-order chi connectivity index (χ0) is 21.4. The van der Waals surface area contributed by atoms with E-state index in [9.17, 15) is 52.7 Å². The molecule has 0 saturated heterocycles. The zero-order valence-electron chi connectivity index (χ0n) is 12.6. The zero-order valence-corrected chi connectivity index (χ0v) is 13.4. The van der Waals surface area contributed by atoms with Gasteiger partial charge in [0, 0.05) is 6.07 Å². The minimum atomic E-state index is -6.63. The van der Waals surface area contributed by atoms with Crippen molar-refractivity contribution in [1.29, 1.82) is 0 Å². The molecule has 6 nitrogen and oxygen atoms in total. The van der Waals surface area contributed by atoms with Crippen molar-refractivity contribution in [2.75, 3.05) is 6.61 Å². The summed E-state index contributed by atoms with van der Waals surface area (Å²) in [5, 5.41) is 0. The third kappa shape index (κ3) is 5.14. The number of aromatic nitrogens is 1. The second-order valence-electron chi connectivity index (χ2n) is 4.43. The largest absolute Gasteiger partial charge is 0.534 e. The summed E-state index contributed by atoms with van der Waals surface area (Å²) in [6, 6.07) is -0.592. The van der Waals surface area contributed by atoms with Gasteiger partial charge in [-0.2, -0.15) is 47.9 Å². The highest BCUT2D eigenvalue weighted by Crippen LogP contribution is 2.41. The fourth-order valence-electron chi connectivity index (χ4n) is 1.56. The lowest BCUT2D eigenvalue weighted by molar-refractivity contribution is -0.146. The molecular weight excluding hydrogens is 429 g/mol. The smallest absolute Gasteiger partial charge is 0.462 e. The van der Waals surface area contributed by atoms with E-state index in [1.54, 1.807) is 0 Å². The Kier molecular flexibility index (Phi) is 5.95. The number of halogens is 9. The van der Waals surface area contributed by atoms with E-state index in [1.807, 2.05) is 0 Å². The van der Waals surface area contributed by atoms with Gasteiger partial charge in [0.1, 0.15) is 5.56 Å². The molecule has 1 aromatic heterocycles. The first-order valence-electron chi connectivity index (χ1n) is 6.29. The van der Waals surface area contributed by atoms with Crippen LogP contribution in [0, 0.1) is 0 Å². The van der Waals surface area contributed by atoms with E-state index in [4.69, 9.17) is 0 Å². The van der Waals surface area contributed by atoms with Crippen LogP contribution in [0.25, 0.3) is 0 Å². The molecule has 0 aliphatic heterocycles. The normalized spacial score (nSPS) is 13.4. The number of nitrogens with zero attached hydrogens (tertiary/aromatic N) is 1. The quantitative estimate of drug-likeness (QED) is 0.312. The fourth-order valence-corrected chi connectivity index (χ4v) is 1.97. The number of esters is 1. The summed E-state index contributed by atoms with van der Waals surface area (Å²) < 4.78 is 144. The maximum Gasteiger partial charge on any atom is 0.534 e. The van der Waals surface area contributed by atoms with E-state index in [0.717, 1.165) is 6.92 Å². The van der Waals surface area contributed by atoms with Gasteiger partial charge in [-0.1, -0.05) is 0 Å². The molecule has 0 aromatic carbocycles. The third-order valence-corrected chi connectivity index (χ3v) is 3.49. The van der Waals surface area contributed by atoms with Gasteiger partial charge in [0.05, 0.1) is 12.2 Å². The first-order chi connectivity index (χ1) is 11.9. The lowest BCUT2D eigenvalue weighted by atomic mass is 10.1. The molecule has 16 heteroatoms. The number of rotatable bonds is 4. The molecule has 1 rings (SSSR count). The number of hydrogen-bond acceptors (Lipinski definition) is 6. The van der Waals surface area contributed by atoms with E-state index in [-0.39, 0.29) is 0 Å². The molecule has 0 saturated carbocycles. The van der Waals surface area contributed by atoms with Crippen molar-refractivity contribution in [3.05, 3.63) is 22.9 Å². The molecule has 1 heterocycles. The SMILES string of the molecule is CCOC(=O)c1c(C(F)(F)F)cc(OS(=O)(=O)C(F)(F)F)nc1C(F)(F)F. The summed E-state index contributed by atoms with van der Waals surface area (Å²) in [6.07, 6.45) is -11.5. The molecule has 0 unspecified atom stereocenters. The number of hydrogen-bond donors (Lipinski definition) is 0. The number of carbonyl (C=O) groups excluding carboxylic acids is 1. The van der Waals surface area contributed by atoms with E-state index in [1.165, 1.54) is 0 Å². The molecule has 0 fully saturated rings. The Balaban J connectivity index is 3.81. The second kappa shape index (κ2) is 7.05. The predicted molar refractivity (Wildman–Crippen MR) is 65.8 cm³/mol. The van der Waals surface area contributed by atoms with Gasteiger partial charge in [0.25, 0.3) is 0 Å². The minimum Gasteiger partial charge on any atom is -0.462 e. The molecule has 0 aliphatic rings. The lowest BCUT2D eigenvalue weighted by Gasteiger charge is -2.18. The number of pyridine rings is 1. The van der Waals surface area contributed by atoms with Crippen molar-refractivity contribution in [2.24, 2.45) is 0 Å². The Morgan fingerprint density at radius 3 is 1.93 bits per heavy atom. The van der Waals surface area contributed by atoms with Crippen molar-refractivity contribution in [3.8, 4) is 5.88 Å². The average Bonchev–Trinajstić information content (AvgIpc) is 2.43. The fraction of sp³-hybridized carbons (Fsp3) is 0.455. The van der Waals surface area contributed by atoms with Gasteiger partial charge in [-0.15, -0.1) is 0 Å². The van der Waals surface area contributed by atoms with Crippen LogP contribution in [0.3, 0.4) is 0 Å².